The van der Waals surface area contributed by atoms with Gasteiger partial charge in [0.2, 0.25) is 0 Å². The van der Waals surface area contributed by atoms with Crippen LogP contribution in [0.15, 0.2) is 42.5 Å². The van der Waals surface area contributed by atoms with E-state index in [2.05, 4.69) is 17.5 Å². The van der Waals surface area contributed by atoms with Crippen molar-refractivity contribution in [3.8, 4) is 11.8 Å². The van der Waals surface area contributed by atoms with Gasteiger partial charge in [-0.3, -0.25) is 5.32 Å². The first-order valence-electron chi connectivity index (χ1n) is 11.5. The number of nitrogens with zero attached hydrogens (tertiary/aromatic N) is 1. The molecule has 32 heavy (non-hydrogen) atoms. The van der Waals surface area contributed by atoms with E-state index in [-0.39, 0.29) is 11.8 Å². The largest absolute Gasteiger partial charge is 0.494 e. The molecule has 0 bridgehead atoms. The summed E-state index contributed by atoms with van der Waals surface area (Å²) >= 11 is 0. The summed E-state index contributed by atoms with van der Waals surface area (Å²) in [5.41, 5.74) is 5.59. The maximum absolute atomic E-state index is 12.2. The third-order valence-corrected chi connectivity index (χ3v) is 6.22. The maximum atomic E-state index is 12.2. The average molecular weight is 431 g/mol. The monoisotopic (exact) mass is 430 g/mol. The molecule has 0 heterocycles. The van der Waals surface area contributed by atoms with Crippen molar-refractivity contribution in [3.05, 3.63) is 59.2 Å². The van der Waals surface area contributed by atoms with E-state index in [1.54, 1.807) is 0 Å². The number of ether oxygens (including phenoxy) is 2. The van der Waals surface area contributed by atoms with Crippen molar-refractivity contribution in [1.29, 1.82) is 5.26 Å². The van der Waals surface area contributed by atoms with Crippen LogP contribution in [0, 0.1) is 23.2 Å². The summed E-state index contributed by atoms with van der Waals surface area (Å²) in [5.74, 6) is 1.80. The number of carbonyl (C=O) groups is 1. The highest BCUT2D eigenvalue weighted by atomic mass is 16.5. The number of fused-ring (bicyclic) bond motifs is 1. The fraction of sp³-hybridized carbons (Fsp3) is 0.407. The Balaban J connectivity index is 1.70. The number of rotatable bonds is 7. The van der Waals surface area contributed by atoms with Gasteiger partial charge in [-0.05, 0) is 84.2 Å². The molecule has 1 unspecified atom stereocenters. The highest BCUT2D eigenvalue weighted by Crippen LogP contribution is 2.55. The summed E-state index contributed by atoms with van der Waals surface area (Å²) in [7, 11) is 0. The molecule has 5 heteroatoms. The third kappa shape index (κ3) is 4.36. The van der Waals surface area contributed by atoms with Crippen LogP contribution >= 0.6 is 0 Å². The van der Waals surface area contributed by atoms with Crippen molar-refractivity contribution in [3.63, 3.8) is 0 Å². The average Bonchev–Trinajstić information content (AvgIpc) is 3.05. The second-order valence-corrected chi connectivity index (χ2v) is 8.95. The number of benzene rings is 2. The predicted molar refractivity (Wildman–Crippen MR) is 126 cm³/mol. The van der Waals surface area contributed by atoms with E-state index in [0.717, 1.165) is 40.9 Å². The molecule has 0 aliphatic heterocycles. The molecule has 0 spiro atoms. The first-order chi connectivity index (χ1) is 15.5. The van der Waals surface area contributed by atoms with Crippen LogP contribution in [-0.2, 0) is 4.74 Å². The minimum absolute atomic E-state index is 0.164. The predicted octanol–water partition coefficient (Wildman–Crippen LogP) is 6.62. The van der Waals surface area contributed by atoms with E-state index in [4.69, 9.17) is 9.47 Å². The lowest BCUT2D eigenvalue weighted by atomic mass is 9.70. The smallest absolute Gasteiger partial charge is 0.411 e. The lowest BCUT2D eigenvalue weighted by molar-refractivity contribution is 0.147. The number of nitrogens with one attached hydrogen (secondary N) is 1. The van der Waals surface area contributed by atoms with Gasteiger partial charge < -0.3 is 9.47 Å². The molecule has 1 fully saturated rings. The quantitative estimate of drug-likeness (QED) is 0.536. The number of allylic oxidation sites excluding steroid dienone is 2. The summed E-state index contributed by atoms with van der Waals surface area (Å²) in [5, 5.41) is 12.9. The number of amides is 1. The zero-order valence-electron chi connectivity index (χ0n) is 19.0. The molecule has 2 aromatic carbocycles. The van der Waals surface area contributed by atoms with Crippen molar-refractivity contribution >= 4 is 22.9 Å². The van der Waals surface area contributed by atoms with Crippen LogP contribution in [0.1, 0.15) is 62.6 Å². The Bertz CT molecular complexity index is 1080. The van der Waals surface area contributed by atoms with E-state index in [1.807, 2.05) is 57.2 Å². The first-order valence-corrected chi connectivity index (χ1v) is 11.5. The number of nitriles is 1. The third-order valence-electron chi connectivity index (χ3n) is 6.22. The molecule has 2 aromatic rings. The van der Waals surface area contributed by atoms with Crippen LogP contribution in [0.2, 0.25) is 0 Å². The normalized spacial score (nSPS) is 17.5. The first kappa shape index (κ1) is 22.0. The molecule has 0 aromatic heterocycles. The van der Waals surface area contributed by atoms with Gasteiger partial charge in [0.25, 0.3) is 0 Å². The van der Waals surface area contributed by atoms with E-state index in [9.17, 15) is 10.1 Å². The molecule has 1 atom stereocenters. The summed E-state index contributed by atoms with van der Waals surface area (Å²) in [6, 6.07) is 16.3. The van der Waals surface area contributed by atoms with Crippen LogP contribution in [0.5, 0.6) is 5.75 Å². The van der Waals surface area contributed by atoms with Crippen molar-refractivity contribution < 1.29 is 14.3 Å². The highest BCUT2D eigenvalue weighted by molar-refractivity contribution is 6.05. The molecule has 5 nitrogen and oxygen atoms in total. The van der Waals surface area contributed by atoms with Crippen molar-refractivity contribution in [1.82, 2.24) is 0 Å². The van der Waals surface area contributed by atoms with Crippen LogP contribution in [-0.4, -0.2) is 19.3 Å². The Hall–Kier alpha value is -3.26. The molecule has 4 rings (SSSR count). The molecule has 1 amide bonds. The fourth-order valence-electron chi connectivity index (χ4n) is 4.61. The van der Waals surface area contributed by atoms with Crippen molar-refractivity contribution in [2.75, 3.05) is 18.5 Å². The lowest BCUT2D eigenvalue weighted by Crippen LogP contribution is -2.20. The molecule has 1 saturated carbocycles. The number of hydrogen-bond donors (Lipinski definition) is 1. The zero-order chi connectivity index (χ0) is 22.7. The minimum atomic E-state index is -0.461. The van der Waals surface area contributed by atoms with Gasteiger partial charge >= 0.3 is 6.09 Å². The molecule has 2 aliphatic rings. The van der Waals surface area contributed by atoms with Gasteiger partial charge in [-0.15, -0.1) is 0 Å². The van der Waals surface area contributed by atoms with E-state index in [0.29, 0.717) is 24.8 Å². The molecule has 166 valence electrons. The fourth-order valence-corrected chi connectivity index (χ4v) is 4.61. The molecule has 0 radical (unpaired) electrons. The molecule has 2 aliphatic carbocycles. The second kappa shape index (κ2) is 9.48. The minimum Gasteiger partial charge on any atom is -0.494 e. The Morgan fingerprint density at radius 1 is 1.22 bits per heavy atom. The van der Waals surface area contributed by atoms with Crippen LogP contribution in [0.4, 0.5) is 10.5 Å². The van der Waals surface area contributed by atoms with Gasteiger partial charge in [-0.25, -0.2) is 4.79 Å². The summed E-state index contributed by atoms with van der Waals surface area (Å²) < 4.78 is 11.0. The van der Waals surface area contributed by atoms with E-state index >= 15 is 0 Å². The second-order valence-electron chi connectivity index (χ2n) is 8.95. The summed E-state index contributed by atoms with van der Waals surface area (Å²) in [6.07, 6.45) is 3.08. The molecule has 1 N–H and O–H groups in total. The Labute approximate surface area is 190 Å². The van der Waals surface area contributed by atoms with E-state index in [1.165, 1.54) is 12.0 Å². The van der Waals surface area contributed by atoms with Gasteiger partial charge in [-0.2, -0.15) is 5.26 Å². The lowest BCUT2D eigenvalue weighted by Gasteiger charge is -2.34. The van der Waals surface area contributed by atoms with Gasteiger partial charge in [0.1, 0.15) is 11.8 Å². The zero-order valence-corrected chi connectivity index (χ0v) is 19.0. The molecular formula is C27H30N2O3. The number of anilines is 1. The van der Waals surface area contributed by atoms with Gasteiger partial charge in [0.15, 0.2) is 0 Å². The van der Waals surface area contributed by atoms with E-state index < -0.39 is 6.09 Å². The number of hydrogen-bond acceptors (Lipinski definition) is 4. The number of carbonyl (C=O) groups excluding carboxylic acids is 1. The summed E-state index contributed by atoms with van der Waals surface area (Å²) in [4.78, 5) is 12.2. The van der Waals surface area contributed by atoms with Crippen LogP contribution < -0.4 is 10.1 Å². The SMILES string of the molecule is CCOc1ccc2c(c1)C(C1CCC1)C(c1cccc(NC(=O)OCC(C)C)c1)=C2C#N. The topological polar surface area (TPSA) is 71.3 Å². The Morgan fingerprint density at radius 2 is 2.03 bits per heavy atom. The van der Waals surface area contributed by atoms with Gasteiger partial charge in [-0.1, -0.05) is 32.4 Å². The maximum Gasteiger partial charge on any atom is 0.411 e. The van der Waals surface area contributed by atoms with Gasteiger partial charge in [0.05, 0.1) is 18.8 Å². The molecule has 0 saturated heterocycles. The van der Waals surface area contributed by atoms with Crippen molar-refractivity contribution in [2.24, 2.45) is 11.8 Å². The van der Waals surface area contributed by atoms with Gasteiger partial charge in [0, 0.05) is 11.6 Å². The Morgan fingerprint density at radius 3 is 2.69 bits per heavy atom. The van der Waals surface area contributed by atoms with Crippen LogP contribution in [0.3, 0.4) is 0 Å². The summed E-state index contributed by atoms with van der Waals surface area (Å²) in [6.45, 7) is 6.96. The highest BCUT2D eigenvalue weighted by Gasteiger charge is 2.40. The molecular weight excluding hydrogens is 400 g/mol. The van der Waals surface area contributed by atoms with Crippen molar-refractivity contribution in [2.45, 2.75) is 46.0 Å². The Kier molecular flexibility index (Phi) is 6.50. The van der Waals surface area contributed by atoms with Crippen LogP contribution in [0.25, 0.3) is 11.1 Å². The standard InChI is InChI=1S/C27H30N2O3/c1-4-31-21-11-12-22-23(14-21)25(18-7-5-8-18)26(24(22)15-28)19-9-6-10-20(13-19)29-27(30)32-16-17(2)3/h6,9-14,17-18,25H,4-5,7-8,16H2,1-3H3,(H,29,30).